The number of amides is 2. The summed E-state index contributed by atoms with van der Waals surface area (Å²) < 4.78 is 14.6. The molecule has 1 fully saturated rings. The molecule has 0 bridgehead atoms. The van der Waals surface area contributed by atoms with Crippen molar-refractivity contribution in [3.63, 3.8) is 0 Å². The third-order valence-electron chi connectivity index (χ3n) is 4.27. The Balaban J connectivity index is 1.54. The van der Waals surface area contributed by atoms with Crippen molar-refractivity contribution in [2.24, 2.45) is 0 Å². The largest absolute Gasteiger partial charge is 0.513 e. The maximum Gasteiger partial charge on any atom is 0.513 e. The molecule has 1 aromatic carbocycles. The number of hydrogen-bond acceptors (Lipinski definition) is 7. The second-order valence-electron chi connectivity index (χ2n) is 6.22. The van der Waals surface area contributed by atoms with E-state index in [1.165, 1.54) is 12.1 Å². The average molecular weight is 387 g/mol. The van der Waals surface area contributed by atoms with Crippen LogP contribution in [0.3, 0.4) is 0 Å². The van der Waals surface area contributed by atoms with Crippen LogP contribution in [-0.4, -0.2) is 65.7 Å². The van der Waals surface area contributed by atoms with Gasteiger partial charge >= 0.3 is 6.16 Å². The van der Waals surface area contributed by atoms with Gasteiger partial charge in [-0.2, -0.15) is 0 Å². The number of benzene rings is 1. The molecule has 9 heteroatoms. The lowest BCUT2D eigenvalue weighted by molar-refractivity contribution is 0.0529. The number of aryl methyl sites for hydroxylation is 1. The molecule has 1 aliphatic rings. The Morgan fingerprint density at radius 1 is 1.04 bits per heavy atom. The monoisotopic (exact) mass is 387 g/mol. The molecule has 0 spiro atoms. The number of rotatable bonds is 4. The molecule has 0 atom stereocenters. The maximum absolute atomic E-state index is 12.6. The summed E-state index contributed by atoms with van der Waals surface area (Å²) in [6.07, 6.45) is -0.787. The van der Waals surface area contributed by atoms with E-state index in [4.69, 9.17) is 14.0 Å². The van der Waals surface area contributed by atoms with Crippen LogP contribution in [0, 0.1) is 6.92 Å². The first-order chi connectivity index (χ1) is 13.5. The molecular formula is C19H21N3O6. The highest BCUT2D eigenvalue weighted by atomic mass is 16.7. The summed E-state index contributed by atoms with van der Waals surface area (Å²) in [7, 11) is 0. The van der Waals surface area contributed by atoms with E-state index in [1.54, 1.807) is 41.8 Å². The smallest absolute Gasteiger partial charge is 0.434 e. The molecule has 1 aliphatic heterocycles. The van der Waals surface area contributed by atoms with Crippen LogP contribution in [-0.2, 0) is 4.74 Å². The predicted octanol–water partition coefficient (Wildman–Crippen LogP) is 2.12. The third kappa shape index (κ3) is 4.48. The van der Waals surface area contributed by atoms with Gasteiger partial charge in [0.05, 0.1) is 6.61 Å². The van der Waals surface area contributed by atoms with Crippen LogP contribution < -0.4 is 4.74 Å². The molecule has 9 nitrogen and oxygen atoms in total. The van der Waals surface area contributed by atoms with Gasteiger partial charge in [0, 0.05) is 37.8 Å². The van der Waals surface area contributed by atoms with Crippen LogP contribution in [0.15, 0.2) is 34.9 Å². The second-order valence-corrected chi connectivity index (χ2v) is 6.22. The molecular weight excluding hydrogens is 366 g/mol. The Kier molecular flexibility index (Phi) is 5.93. The fourth-order valence-corrected chi connectivity index (χ4v) is 2.83. The minimum Gasteiger partial charge on any atom is -0.434 e. The molecule has 28 heavy (non-hydrogen) atoms. The van der Waals surface area contributed by atoms with Crippen LogP contribution in [0.25, 0.3) is 0 Å². The van der Waals surface area contributed by atoms with E-state index in [9.17, 15) is 14.4 Å². The van der Waals surface area contributed by atoms with Crippen molar-refractivity contribution < 1.29 is 28.4 Å². The van der Waals surface area contributed by atoms with Gasteiger partial charge in [0.1, 0.15) is 11.5 Å². The first kappa shape index (κ1) is 19.4. The molecule has 0 saturated carbocycles. The van der Waals surface area contributed by atoms with Crippen molar-refractivity contribution in [1.29, 1.82) is 0 Å². The van der Waals surface area contributed by atoms with E-state index < -0.39 is 6.16 Å². The molecule has 1 aromatic heterocycles. The molecule has 1 saturated heterocycles. The van der Waals surface area contributed by atoms with Crippen molar-refractivity contribution in [3.8, 4) is 5.75 Å². The van der Waals surface area contributed by atoms with Gasteiger partial charge in [-0.05, 0) is 38.1 Å². The van der Waals surface area contributed by atoms with Crippen molar-refractivity contribution >= 4 is 18.0 Å². The zero-order valence-electron chi connectivity index (χ0n) is 15.7. The lowest BCUT2D eigenvalue weighted by Gasteiger charge is -2.34. The van der Waals surface area contributed by atoms with Crippen molar-refractivity contribution in [2.45, 2.75) is 13.8 Å². The number of hydrogen-bond donors (Lipinski definition) is 0. The van der Waals surface area contributed by atoms with E-state index in [0.717, 1.165) is 0 Å². The summed E-state index contributed by atoms with van der Waals surface area (Å²) >= 11 is 0. The van der Waals surface area contributed by atoms with E-state index in [2.05, 4.69) is 5.16 Å². The van der Waals surface area contributed by atoms with Gasteiger partial charge in [-0.3, -0.25) is 9.59 Å². The van der Waals surface area contributed by atoms with Crippen molar-refractivity contribution in [2.75, 3.05) is 32.8 Å². The first-order valence-corrected chi connectivity index (χ1v) is 8.94. The fraction of sp³-hybridized carbons (Fsp3) is 0.368. The van der Waals surface area contributed by atoms with Gasteiger partial charge in [-0.15, -0.1) is 0 Å². The zero-order chi connectivity index (χ0) is 20.1. The zero-order valence-corrected chi connectivity index (χ0v) is 15.7. The van der Waals surface area contributed by atoms with Crippen LogP contribution in [0.1, 0.15) is 33.5 Å². The minimum absolute atomic E-state index is 0.146. The molecule has 3 rings (SSSR count). The molecule has 2 amide bonds. The Bertz CT molecular complexity index is 853. The van der Waals surface area contributed by atoms with Crippen LogP contribution >= 0.6 is 0 Å². The quantitative estimate of drug-likeness (QED) is 0.585. The number of carbonyl (C=O) groups is 3. The number of aromatic nitrogens is 1. The molecule has 0 N–H and O–H groups in total. The van der Waals surface area contributed by atoms with Crippen molar-refractivity contribution in [1.82, 2.24) is 15.0 Å². The van der Waals surface area contributed by atoms with Crippen LogP contribution in [0.4, 0.5) is 4.79 Å². The van der Waals surface area contributed by atoms with Crippen LogP contribution in [0.2, 0.25) is 0 Å². The highest BCUT2D eigenvalue weighted by Gasteiger charge is 2.27. The third-order valence-corrected chi connectivity index (χ3v) is 4.27. The highest BCUT2D eigenvalue weighted by molar-refractivity contribution is 5.95. The topological polar surface area (TPSA) is 102 Å². The molecule has 148 valence electrons. The first-order valence-electron chi connectivity index (χ1n) is 8.94. The van der Waals surface area contributed by atoms with E-state index in [-0.39, 0.29) is 24.1 Å². The second kappa shape index (κ2) is 8.55. The molecule has 2 heterocycles. The molecule has 0 unspecified atom stereocenters. The normalized spacial score (nSPS) is 13.9. The van der Waals surface area contributed by atoms with Gasteiger partial charge < -0.3 is 23.8 Å². The molecule has 2 aromatic rings. The number of ether oxygens (including phenoxy) is 2. The van der Waals surface area contributed by atoms with Gasteiger partial charge in [-0.25, -0.2) is 4.79 Å². The highest BCUT2D eigenvalue weighted by Crippen LogP contribution is 2.16. The van der Waals surface area contributed by atoms with Gasteiger partial charge in [0.2, 0.25) is 0 Å². The number of nitrogens with zero attached hydrogens (tertiary/aromatic N) is 3. The lowest BCUT2D eigenvalue weighted by atomic mass is 10.1. The standard InChI is InChI=1S/C19H21N3O6/c1-3-26-19(25)27-15-6-4-14(5-7-15)17(23)21-8-10-22(11-9-21)18(24)16-12-13(2)28-20-16/h4-7,12H,3,8-11H2,1-2H3. The lowest BCUT2D eigenvalue weighted by Crippen LogP contribution is -2.50. The van der Waals surface area contributed by atoms with Crippen LogP contribution in [0.5, 0.6) is 5.75 Å². The fourth-order valence-electron chi connectivity index (χ4n) is 2.83. The summed E-state index contributed by atoms with van der Waals surface area (Å²) in [4.78, 5) is 39.7. The Morgan fingerprint density at radius 3 is 2.18 bits per heavy atom. The SMILES string of the molecule is CCOC(=O)Oc1ccc(C(=O)N2CCN(C(=O)c3cc(C)on3)CC2)cc1. The number of piperazine rings is 1. The summed E-state index contributed by atoms with van der Waals surface area (Å²) in [5, 5.41) is 3.74. The van der Waals surface area contributed by atoms with E-state index in [1.807, 2.05) is 0 Å². The predicted molar refractivity (Wildman–Crippen MR) is 97.1 cm³/mol. The molecule has 0 aliphatic carbocycles. The Labute approximate surface area is 161 Å². The summed E-state index contributed by atoms with van der Waals surface area (Å²) in [5.41, 5.74) is 0.748. The molecule has 0 radical (unpaired) electrons. The summed E-state index contributed by atoms with van der Waals surface area (Å²) in [6.45, 7) is 5.30. The maximum atomic E-state index is 12.6. The van der Waals surface area contributed by atoms with Gasteiger partial charge in [0.25, 0.3) is 11.8 Å². The Morgan fingerprint density at radius 2 is 1.64 bits per heavy atom. The van der Waals surface area contributed by atoms with Gasteiger partial charge in [-0.1, -0.05) is 5.16 Å². The Hall–Kier alpha value is -3.36. The number of carbonyl (C=O) groups excluding carboxylic acids is 3. The van der Waals surface area contributed by atoms with E-state index in [0.29, 0.717) is 43.3 Å². The van der Waals surface area contributed by atoms with E-state index >= 15 is 0 Å². The summed E-state index contributed by atoms with van der Waals surface area (Å²) in [5.74, 6) is 0.525. The minimum atomic E-state index is -0.787. The van der Waals surface area contributed by atoms with Gasteiger partial charge in [0.15, 0.2) is 5.69 Å². The average Bonchev–Trinajstić information content (AvgIpc) is 3.14. The van der Waals surface area contributed by atoms with Crippen molar-refractivity contribution in [3.05, 3.63) is 47.3 Å². The summed E-state index contributed by atoms with van der Waals surface area (Å²) in [6, 6.07) is 7.85.